The van der Waals surface area contributed by atoms with Crippen LogP contribution in [0.2, 0.25) is 0 Å². The predicted molar refractivity (Wildman–Crippen MR) is 81.5 cm³/mol. The van der Waals surface area contributed by atoms with Crippen molar-refractivity contribution < 1.29 is 8.42 Å². The summed E-state index contributed by atoms with van der Waals surface area (Å²) in [6.45, 7) is 1.10. The molecular weight excluding hydrogens is 292 g/mol. The molecule has 1 fully saturated rings. The molecule has 0 radical (unpaired) electrons. The zero-order valence-corrected chi connectivity index (χ0v) is 12.3. The maximum atomic E-state index is 12.4. The van der Waals surface area contributed by atoms with Crippen molar-refractivity contribution in [3.63, 3.8) is 0 Å². The SMILES string of the molecule is NC(N)=NC(N)=Nc1cccc(S(=O)(=O)N2CCCC2)c1. The van der Waals surface area contributed by atoms with E-state index in [1.54, 1.807) is 12.1 Å². The average Bonchev–Trinajstić information content (AvgIpc) is 2.92. The van der Waals surface area contributed by atoms with Crippen molar-refractivity contribution in [1.82, 2.24) is 4.31 Å². The number of hydrogen-bond donors (Lipinski definition) is 3. The number of nitrogens with zero attached hydrogens (tertiary/aromatic N) is 3. The van der Waals surface area contributed by atoms with Gasteiger partial charge in [-0.05, 0) is 31.0 Å². The Bertz CT molecular complexity index is 673. The van der Waals surface area contributed by atoms with E-state index >= 15 is 0 Å². The molecule has 1 saturated heterocycles. The first kappa shape index (κ1) is 15.3. The van der Waals surface area contributed by atoms with E-state index in [2.05, 4.69) is 9.98 Å². The Hall–Kier alpha value is -2.13. The molecule has 0 unspecified atom stereocenters. The van der Waals surface area contributed by atoms with Crippen molar-refractivity contribution in [2.24, 2.45) is 27.2 Å². The van der Waals surface area contributed by atoms with Crippen molar-refractivity contribution in [2.75, 3.05) is 13.1 Å². The summed E-state index contributed by atoms with van der Waals surface area (Å²) in [7, 11) is -3.48. The minimum Gasteiger partial charge on any atom is -0.370 e. The highest BCUT2D eigenvalue weighted by atomic mass is 32.2. The van der Waals surface area contributed by atoms with Crippen molar-refractivity contribution in [2.45, 2.75) is 17.7 Å². The molecule has 21 heavy (non-hydrogen) atoms. The van der Waals surface area contributed by atoms with Crippen LogP contribution in [0.1, 0.15) is 12.8 Å². The Balaban J connectivity index is 2.32. The van der Waals surface area contributed by atoms with E-state index in [1.165, 1.54) is 16.4 Å². The third-order valence-corrected chi connectivity index (χ3v) is 4.90. The van der Waals surface area contributed by atoms with Gasteiger partial charge in [0.2, 0.25) is 16.0 Å². The van der Waals surface area contributed by atoms with Crippen molar-refractivity contribution in [3.05, 3.63) is 24.3 Å². The van der Waals surface area contributed by atoms with Crippen LogP contribution in [0, 0.1) is 0 Å². The van der Waals surface area contributed by atoms with E-state index in [0.29, 0.717) is 18.8 Å². The highest BCUT2D eigenvalue weighted by Crippen LogP contribution is 2.24. The number of benzene rings is 1. The number of hydrogen-bond acceptors (Lipinski definition) is 3. The Morgan fingerprint density at radius 1 is 1.14 bits per heavy atom. The van der Waals surface area contributed by atoms with Gasteiger partial charge in [0.25, 0.3) is 0 Å². The molecule has 9 heteroatoms. The highest BCUT2D eigenvalue weighted by Gasteiger charge is 2.27. The fourth-order valence-electron chi connectivity index (χ4n) is 2.08. The molecule has 0 atom stereocenters. The van der Waals surface area contributed by atoms with Crippen LogP contribution in [-0.2, 0) is 10.0 Å². The summed E-state index contributed by atoms with van der Waals surface area (Å²) in [4.78, 5) is 7.73. The first-order chi connectivity index (χ1) is 9.89. The summed E-state index contributed by atoms with van der Waals surface area (Å²) < 4.78 is 26.3. The number of guanidine groups is 2. The van der Waals surface area contributed by atoms with Gasteiger partial charge in [0.1, 0.15) is 0 Å². The molecule has 2 rings (SSSR count). The van der Waals surface area contributed by atoms with Crippen LogP contribution in [-0.4, -0.2) is 37.7 Å². The lowest BCUT2D eigenvalue weighted by Crippen LogP contribution is -2.27. The van der Waals surface area contributed by atoms with Crippen LogP contribution in [0.3, 0.4) is 0 Å². The van der Waals surface area contributed by atoms with E-state index < -0.39 is 10.0 Å². The van der Waals surface area contributed by atoms with Gasteiger partial charge in [0, 0.05) is 13.1 Å². The fraction of sp³-hybridized carbons (Fsp3) is 0.333. The second-order valence-corrected chi connectivity index (χ2v) is 6.55. The second kappa shape index (κ2) is 6.10. The molecule has 0 saturated carbocycles. The zero-order chi connectivity index (χ0) is 15.5. The van der Waals surface area contributed by atoms with E-state index in [1.807, 2.05) is 0 Å². The van der Waals surface area contributed by atoms with Gasteiger partial charge in [-0.15, -0.1) is 0 Å². The van der Waals surface area contributed by atoms with Crippen molar-refractivity contribution in [1.29, 1.82) is 0 Å². The van der Waals surface area contributed by atoms with Crippen LogP contribution < -0.4 is 17.2 Å². The number of nitrogens with two attached hydrogens (primary N) is 3. The molecule has 6 N–H and O–H groups in total. The molecule has 1 aromatic carbocycles. The Kier molecular flexibility index (Phi) is 4.43. The normalized spacial score (nSPS) is 16.9. The van der Waals surface area contributed by atoms with Crippen molar-refractivity contribution >= 4 is 27.6 Å². The molecular formula is C12H18N6O2S. The molecule has 0 aliphatic carbocycles. The van der Waals surface area contributed by atoms with Gasteiger partial charge >= 0.3 is 0 Å². The van der Waals surface area contributed by atoms with E-state index in [4.69, 9.17) is 17.2 Å². The third kappa shape index (κ3) is 3.70. The summed E-state index contributed by atoms with van der Waals surface area (Å²) >= 11 is 0. The summed E-state index contributed by atoms with van der Waals surface area (Å²) in [5.74, 6) is -0.345. The van der Waals surface area contributed by atoms with Gasteiger partial charge in [0.15, 0.2) is 5.96 Å². The first-order valence-corrected chi connectivity index (χ1v) is 7.87. The third-order valence-electron chi connectivity index (χ3n) is 3.01. The summed E-state index contributed by atoms with van der Waals surface area (Å²) in [5, 5.41) is 0. The molecule has 1 aromatic rings. The lowest BCUT2D eigenvalue weighted by molar-refractivity contribution is 0.477. The topological polar surface area (TPSA) is 140 Å². The Labute approximate surface area is 123 Å². The molecule has 8 nitrogen and oxygen atoms in total. The smallest absolute Gasteiger partial charge is 0.243 e. The maximum Gasteiger partial charge on any atom is 0.243 e. The average molecular weight is 310 g/mol. The number of rotatable bonds is 3. The first-order valence-electron chi connectivity index (χ1n) is 6.43. The van der Waals surface area contributed by atoms with Crippen LogP contribution in [0.4, 0.5) is 5.69 Å². The van der Waals surface area contributed by atoms with Gasteiger partial charge in [0.05, 0.1) is 10.6 Å². The highest BCUT2D eigenvalue weighted by molar-refractivity contribution is 7.89. The zero-order valence-electron chi connectivity index (χ0n) is 11.4. The van der Waals surface area contributed by atoms with Gasteiger partial charge in [-0.1, -0.05) is 6.07 Å². The monoisotopic (exact) mass is 310 g/mol. The number of sulfonamides is 1. The lowest BCUT2D eigenvalue weighted by atomic mass is 10.3. The molecule has 114 valence electrons. The second-order valence-electron chi connectivity index (χ2n) is 4.62. The number of aliphatic imine (C=N–C) groups is 2. The lowest BCUT2D eigenvalue weighted by Gasteiger charge is -2.15. The molecule has 0 bridgehead atoms. The summed E-state index contributed by atoms with van der Waals surface area (Å²) in [6, 6.07) is 6.20. The Morgan fingerprint density at radius 2 is 1.81 bits per heavy atom. The molecule has 1 aliphatic rings. The van der Waals surface area contributed by atoms with Gasteiger partial charge in [-0.2, -0.15) is 9.30 Å². The molecule has 0 spiro atoms. The van der Waals surface area contributed by atoms with Gasteiger partial charge in [-0.3, -0.25) is 0 Å². The fourth-order valence-corrected chi connectivity index (χ4v) is 3.64. The van der Waals surface area contributed by atoms with Crippen LogP contribution in [0.25, 0.3) is 0 Å². The van der Waals surface area contributed by atoms with E-state index in [0.717, 1.165) is 12.8 Å². The minimum atomic E-state index is -3.48. The molecule has 1 heterocycles. The summed E-state index contributed by atoms with van der Waals surface area (Å²) in [5.41, 5.74) is 16.3. The van der Waals surface area contributed by atoms with Crippen LogP contribution in [0.15, 0.2) is 39.1 Å². The van der Waals surface area contributed by atoms with Crippen molar-refractivity contribution in [3.8, 4) is 0 Å². The molecule has 0 aromatic heterocycles. The standard InChI is InChI=1S/C12H18N6O2S/c13-11(14)17-12(15)16-9-4-3-5-10(8-9)21(19,20)18-6-1-2-7-18/h3-5,8H,1-2,6-7H2,(H6,13,14,15,16,17). The molecule has 0 amide bonds. The Morgan fingerprint density at radius 3 is 2.43 bits per heavy atom. The minimum absolute atomic E-state index is 0.134. The van der Waals surface area contributed by atoms with Gasteiger partial charge in [-0.25, -0.2) is 13.4 Å². The van der Waals surface area contributed by atoms with Crippen LogP contribution in [0.5, 0.6) is 0 Å². The quantitative estimate of drug-likeness (QED) is 0.519. The van der Waals surface area contributed by atoms with Crippen LogP contribution >= 0.6 is 0 Å². The van der Waals surface area contributed by atoms with E-state index in [9.17, 15) is 8.42 Å². The van der Waals surface area contributed by atoms with E-state index in [-0.39, 0.29) is 16.8 Å². The summed E-state index contributed by atoms with van der Waals surface area (Å²) in [6.07, 6.45) is 1.77. The largest absolute Gasteiger partial charge is 0.370 e. The van der Waals surface area contributed by atoms with Gasteiger partial charge < -0.3 is 17.2 Å². The maximum absolute atomic E-state index is 12.4. The molecule has 1 aliphatic heterocycles. The predicted octanol–water partition coefficient (Wildman–Crippen LogP) is -0.309.